The van der Waals surface area contributed by atoms with Crippen molar-refractivity contribution in [3.8, 4) is 17.0 Å². The smallest absolute Gasteiger partial charge is 0.328 e. The number of aliphatic carboxylic acids is 1. The van der Waals surface area contributed by atoms with Gasteiger partial charge < -0.3 is 9.84 Å². The first-order valence-electron chi connectivity index (χ1n) is 11.1. The van der Waals surface area contributed by atoms with Crippen LogP contribution in [0.2, 0.25) is 0 Å². The monoisotopic (exact) mass is 446 g/mol. The Morgan fingerprint density at radius 1 is 1.15 bits per heavy atom. The second kappa shape index (κ2) is 11.0. The van der Waals surface area contributed by atoms with Crippen LogP contribution < -0.4 is 9.64 Å². The highest BCUT2D eigenvalue weighted by atomic mass is 16.5. The molecule has 1 aromatic carbocycles. The zero-order valence-electron chi connectivity index (χ0n) is 19.8. The van der Waals surface area contributed by atoms with Gasteiger partial charge in [-0.2, -0.15) is 0 Å². The van der Waals surface area contributed by atoms with Gasteiger partial charge in [0.15, 0.2) is 0 Å². The number of anilines is 1. The third kappa shape index (κ3) is 6.74. The third-order valence-electron chi connectivity index (χ3n) is 4.74. The molecule has 7 nitrogen and oxygen atoms in total. The van der Waals surface area contributed by atoms with Gasteiger partial charge in [0.25, 0.3) is 0 Å². The Bertz CT molecular complexity index is 1160. The number of nitrogens with zero attached hydrogens (tertiary/aromatic N) is 3. The molecule has 0 radical (unpaired) electrons. The van der Waals surface area contributed by atoms with E-state index in [1.807, 2.05) is 44.2 Å². The number of ether oxygens (including phenoxy) is 1. The van der Waals surface area contributed by atoms with E-state index in [-0.39, 0.29) is 24.1 Å². The van der Waals surface area contributed by atoms with Crippen LogP contribution in [0.3, 0.4) is 0 Å². The lowest BCUT2D eigenvalue weighted by Crippen LogP contribution is -2.32. The average molecular weight is 447 g/mol. The van der Waals surface area contributed by atoms with E-state index in [9.17, 15) is 9.59 Å². The molecule has 1 N–H and O–H groups in total. The summed E-state index contributed by atoms with van der Waals surface area (Å²) in [5.41, 5.74) is 2.73. The van der Waals surface area contributed by atoms with E-state index in [0.717, 1.165) is 23.1 Å². The average Bonchev–Trinajstić information content (AvgIpc) is 2.83. The second-order valence-electron chi connectivity index (χ2n) is 7.82. The van der Waals surface area contributed by atoms with E-state index in [2.05, 4.69) is 9.97 Å². The van der Waals surface area contributed by atoms with Crippen molar-refractivity contribution in [1.29, 1.82) is 0 Å². The molecule has 1 amide bonds. The van der Waals surface area contributed by atoms with Gasteiger partial charge in [0.1, 0.15) is 11.6 Å². The number of carbonyl (C=O) groups excluding carboxylic acids is 1. The Morgan fingerprint density at radius 3 is 2.52 bits per heavy atom. The first kappa shape index (κ1) is 22.2. The van der Waals surface area contributed by atoms with Crippen molar-refractivity contribution in [2.24, 2.45) is 5.92 Å². The Labute approximate surface area is 194 Å². The van der Waals surface area contributed by atoms with Crippen LogP contribution >= 0.6 is 0 Å². The summed E-state index contributed by atoms with van der Waals surface area (Å²) in [5, 5.41) is 8.90. The molecule has 0 aliphatic carbocycles. The largest absolute Gasteiger partial charge is 0.497 e. The summed E-state index contributed by atoms with van der Waals surface area (Å²) >= 11 is 0. The zero-order valence-corrected chi connectivity index (χ0v) is 18.8. The van der Waals surface area contributed by atoms with Gasteiger partial charge in [-0.15, -0.1) is 0 Å². The lowest BCUT2D eigenvalue weighted by atomic mass is 10.1. The van der Waals surface area contributed by atoms with E-state index >= 15 is 0 Å². The molecular weight excluding hydrogens is 418 g/mol. The van der Waals surface area contributed by atoms with Crippen molar-refractivity contribution < 1.29 is 20.8 Å². The Kier molecular flexibility index (Phi) is 7.43. The molecule has 0 bridgehead atoms. The number of carboxylic acids is 1. The van der Waals surface area contributed by atoms with Crippen LogP contribution in [0.4, 0.5) is 5.82 Å². The van der Waals surface area contributed by atoms with Crippen LogP contribution in [0.1, 0.15) is 32.8 Å². The Morgan fingerprint density at radius 2 is 1.91 bits per heavy atom. The molecule has 2 heterocycles. The number of pyridine rings is 2. The fraction of sp³-hybridized carbons (Fsp3) is 0.231. The maximum absolute atomic E-state index is 13.1. The van der Waals surface area contributed by atoms with E-state index in [0.29, 0.717) is 11.1 Å². The molecule has 170 valence electrons. The van der Waals surface area contributed by atoms with Crippen molar-refractivity contribution in [2.75, 3.05) is 12.0 Å². The molecule has 3 rings (SSSR count). The molecule has 0 spiro atoms. The summed E-state index contributed by atoms with van der Waals surface area (Å²) in [5.74, 6) is -0.210. The predicted molar refractivity (Wildman–Crippen MR) is 128 cm³/mol. The minimum atomic E-state index is -1.08. The van der Waals surface area contributed by atoms with Crippen LogP contribution in [-0.4, -0.2) is 34.1 Å². The number of carboxylic acid groups (broad SMARTS) is 1. The Balaban J connectivity index is 1.92. The molecule has 0 aliphatic heterocycles. The summed E-state index contributed by atoms with van der Waals surface area (Å²) in [4.78, 5) is 34.1. The van der Waals surface area contributed by atoms with Gasteiger partial charge in [-0.1, -0.05) is 19.9 Å². The summed E-state index contributed by atoms with van der Waals surface area (Å²) < 4.78 is 14.0. The molecule has 0 saturated carbocycles. The van der Waals surface area contributed by atoms with Crippen LogP contribution in [-0.2, 0) is 16.1 Å². The quantitative estimate of drug-likeness (QED) is 0.473. The predicted octanol–water partition coefficient (Wildman–Crippen LogP) is 4.83. The number of carbonyl (C=O) groups is 2. The maximum atomic E-state index is 13.1. The molecule has 1 atom stereocenters. The number of aromatic nitrogens is 2. The number of hydrogen-bond acceptors (Lipinski definition) is 5. The van der Waals surface area contributed by atoms with Gasteiger partial charge >= 0.3 is 5.97 Å². The minimum Gasteiger partial charge on any atom is -0.497 e. The van der Waals surface area contributed by atoms with E-state index in [4.69, 9.17) is 11.2 Å². The highest BCUT2D eigenvalue weighted by Gasteiger charge is 2.19. The van der Waals surface area contributed by atoms with Crippen LogP contribution in [0, 0.1) is 5.92 Å². The van der Waals surface area contributed by atoms with Crippen LogP contribution in [0.25, 0.3) is 17.3 Å². The van der Waals surface area contributed by atoms with Crippen molar-refractivity contribution >= 4 is 23.8 Å². The van der Waals surface area contributed by atoms with Gasteiger partial charge in [0.05, 0.1) is 20.7 Å². The van der Waals surface area contributed by atoms with E-state index < -0.39 is 12.5 Å². The molecule has 0 saturated heterocycles. The first-order chi connectivity index (χ1) is 16.3. The SMILES string of the molecule is [2H]C(c1ccc(-c2ccc(OC)cc2)nc1)N(C(=O)CC(C)C)c1cc(C=CC(=O)O)ccn1. The molecule has 33 heavy (non-hydrogen) atoms. The topological polar surface area (TPSA) is 92.6 Å². The van der Waals surface area contributed by atoms with Crippen LogP contribution in [0.15, 0.2) is 67.0 Å². The van der Waals surface area contributed by atoms with E-state index in [1.165, 1.54) is 17.2 Å². The highest BCUT2D eigenvalue weighted by Crippen LogP contribution is 2.23. The Hall–Kier alpha value is -4.00. The highest BCUT2D eigenvalue weighted by molar-refractivity contribution is 5.93. The maximum Gasteiger partial charge on any atom is 0.328 e. The number of benzene rings is 1. The fourth-order valence-corrected chi connectivity index (χ4v) is 3.11. The molecule has 1 unspecified atom stereocenters. The minimum absolute atomic E-state index is 0.0906. The van der Waals surface area contributed by atoms with Gasteiger partial charge in [-0.05, 0) is 65.6 Å². The fourth-order valence-electron chi connectivity index (χ4n) is 3.11. The number of amides is 1. The summed E-state index contributed by atoms with van der Waals surface area (Å²) in [6.07, 6.45) is 5.75. The van der Waals surface area contributed by atoms with Gasteiger partial charge in [-0.25, -0.2) is 9.78 Å². The standard InChI is InChI=1S/C26H27N3O4/c1-18(2)14-25(30)29(24-15-19(12-13-27-24)5-11-26(31)32)17-20-4-10-23(28-16-20)21-6-8-22(33-3)9-7-21/h4-13,15-16,18H,14,17H2,1-3H3,(H,31,32)/i17D. The second-order valence-corrected chi connectivity index (χ2v) is 7.82. The first-order valence-corrected chi connectivity index (χ1v) is 10.5. The normalized spacial score (nSPS) is 12.4. The molecule has 7 heteroatoms. The van der Waals surface area contributed by atoms with Crippen molar-refractivity contribution in [2.45, 2.75) is 26.8 Å². The zero-order chi connectivity index (χ0) is 24.7. The van der Waals surface area contributed by atoms with Gasteiger partial charge in [0, 0.05) is 30.5 Å². The van der Waals surface area contributed by atoms with Gasteiger partial charge in [-0.3, -0.25) is 14.7 Å². The number of methoxy groups -OCH3 is 1. The molecule has 3 aromatic rings. The van der Waals surface area contributed by atoms with Crippen molar-refractivity contribution in [3.05, 3.63) is 78.1 Å². The number of rotatable bonds is 9. The summed E-state index contributed by atoms with van der Waals surface area (Å²) in [6.45, 7) is 2.79. The van der Waals surface area contributed by atoms with Gasteiger partial charge in [0.2, 0.25) is 5.91 Å². The van der Waals surface area contributed by atoms with Crippen LogP contribution in [0.5, 0.6) is 5.75 Å². The van der Waals surface area contributed by atoms with E-state index in [1.54, 1.807) is 31.5 Å². The molecule has 0 fully saturated rings. The van der Waals surface area contributed by atoms with Crippen molar-refractivity contribution in [3.63, 3.8) is 0 Å². The molecule has 0 aliphatic rings. The number of hydrogen-bond donors (Lipinski definition) is 1. The summed E-state index contributed by atoms with van der Waals surface area (Å²) in [6, 6.07) is 14.3. The summed E-state index contributed by atoms with van der Waals surface area (Å²) in [7, 11) is 1.61. The lowest BCUT2D eigenvalue weighted by Gasteiger charge is -2.23. The molecule has 2 aromatic heterocycles. The third-order valence-corrected chi connectivity index (χ3v) is 4.74. The molecular formula is C26H27N3O4. The van der Waals surface area contributed by atoms with Crippen molar-refractivity contribution in [1.82, 2.24) is 9.97 Å². The lowest BCUT2D eigenvalue weighted by molar-refractivity contribution is -0.131.